The van der Waals surface area contributed by atoms with Gasteiger partial charge in [-0.1, -0.05) is 29.3 Å². The average Bonchev–Trinajstić information content (AvgIpc) is 3.40. The number of carbonyl (C=O) groups is 1. The number of ether oxygens (including phenoxy) is 1. The van der Waals surface area contributed by atoms with Gasteiger partial charge in [0, 0.05) is 51.9 Å². The van der Waals surface area contributed by atoms with E-state index >= 15 is 0 Å². The molecule has 4 rings (SSSR count). The Bertz CT molecular complexity index is 1110. The number of esters is 1. The molecule has 1 aromatic heterocycles. The van der Waals surface area contributed by atoms with Crippen molar-refractivity contribution in [3.8, 4) is 0 Å². The number of aliphatic hydroxyl groups is 1. The number of benzene rings is 1. The monoisotopic (exact) mass is 516 g/mol. The molecule has 2 aliphatic rings. The molecule has 2 atom stereocenters. The topological polar surface area (TPSA) is 87.0 Å². The Labute approximate surface area is 202 Å². The fourth-order valence-electron chi connectivity index (χ4n) is 4.00. The maximum atomic E-state index is 14.1. The largest absolute Gasteiger partial charge is 0.466 e. The van der Waals surface area contributed by atoms with Gasteiger partial charge in [0.05, 0.1) is 25.8 Å². The summed E-state index contributed by atoms with van der Waals surface area (Å²) >= 11 is 13.8. The molecule has 1 aromatic carbocycles. The zero-order valence-corrected chi connectivity index (χ0v) is 19.7. The maximum Gasteiger partial charge on any atom is 0.338 e. The van der Waals surface area contributed by atoms with Crippen molar-refractivity contribution in [2.45, 2.75) is 24.4 Å². The van der Waals surface area contributed by atoms with E-state index in [1.807, 2.05) is 0 Å². The number of likely N-dealkylation sites (tertiary alicyclic amines) is 1. The van der Waals surface area contributed by atoms with E-state index in [1.54, 1.807) is 23.7 Å². The second kappa shape index (κ2) is 9.63. The second-order valence-corrected chi connectivity index (χ2v) is 9.43. The first kappa shape index (κ1) is 24.0. The van der Waals surface area contributed by atoms with Crippen LogP contribution in [0.15, 0.2) is 46.0 Å². The molecule has 0 spiro atoms. The molecule has 7 nitrogen and oxygen atoms in total. The first-order chi connectivity index (χ1) is 15.7. The molecule has 3 heterocycles. The summed E-state index contributed by atoms with van der Waals surface area (Å²) in [6, 6.07) is 3.18. The molecule has 12 heteroatoms. The lowest BCUT2D eigenvalue weighted by Crippen LogP contribution is -2.42. The number of rotatable bonds is 6. The lowest BCUT2D eigenvalue weighted by molar-refractivity contribution is -0.136. The minimum Gasteiger partial charge on any atom is -0.466 e. The highest BCUT2D eigenvalue weighted by atomic mass is 35.5. The molecule has 1 fully saturated rings. The Morgan fingerprint density at radius 3 is 2.85 bits per heavy atom. The number of halogens is 4. The number of aliphatic hydroxyl groups excluding tert-OH is 1. The number of hydrogen-bond acceptors (Lipinski definition) is 8. The first-order valence-electron chi connectivity index (χ1n) is 9.96. The van der Waals surface area contributed by atoms with Crippen LogP contribution in [0.5, 0.6) is 0 Å². The fraction of sp³-hybridized carbons (Fsp3) is 0.381. The van der Waals surface area contributed by atoms with Crippen LogP contribution in [0.25, 0.3) is 0 Å². The molecule has 0 radical (unpaired) electrons. The Hall–Kier alpha value is -2.11. The number of hydrogen-bond donors (Lipinski definition) is 2. The minimum absolute atomic E-state index is 0.0582. The van der Waals surface area contributed by atoms with Crippen molar-refractivity contribution in [3.63, 3.8) is 0 Å². The van der Waals surface area contributed by atoms with E-state index in [0.717, 1.165) is 0 Å². The zero-order chi connectivity index (χ0) is 23.8. The van der Waals surface area contributed by atoms with Crippen LogP contribution >= 0.6 is 34.5 Å². The van der Waals surface area contributed by atoms with Crippen molar-refractivity contribution in [1.82, 2.24) is 15.2 Å². The molecule has 0 amide bonds. The lowest BCUT2D eigenvalue weighted by atomic mass is 9.95. The number of carbonyl (C=O) groups excluding carboxylic acids is 1. The van der Waals surface area contributed by atoms with Crippen LogP contribution in [0, 0.1) is 0 Å². The van der Waals surface area contributed by atoms with Crippen LogP contribution in [-0.4, -0.2) is 65.6 Å². The molecule has 33 heavy (non-hydrogen) atoms. The molecule has 1 saturated heterocycles. The van der Waals surface area contributed by atoms with Crippen molar-refractivity contribution < 1.29 is 23.4 Å². The van der Waals surface area contributed by atoms with Gasteiger partial charge in [-0.3, -0.25) is 9.89 Å². The summed E-state index contributed by atoms with van der Waals surface area (Å²) in [4.78, 5) is 23.3. The van der Waals surface area contributed by atoms with E-state index in [1.165, 1.54) is 29.4 Å². The van der Waals surface area contributed by atoms with Gasteiger partial charge in [-0.15, -0.1) is 11.3 Å². The van der Waals surface area contributed by atoms with Crippen molar-refractivity contribution >= 4 is 46.3 Å². The summed E-state index contributed by atoms with van der Waals surface area (Å²) in [5, 5.41) is 15.8. The van der Waals surface area contributed by atoms with Crippen LogP contribution < -0.4 is 5.32 Å². The van der Waals surface area contributed by atoms with Gasteiger partial charge in [-0.25, -0.2) is 18.6 Å². The van der Waals surface area contributed by atoms with E-state index in [2.05, 4.69) is 15.3 Å². The predicted molar refractivity (Wildman–Crippen MR) is 122 cm³/mol. The normalized spacial score (nSPS) is 22.8. The molecule has 2 aliphatic heterocycles. The summed E-state index contributed by atoms with van der Waals surface area (Å²) in [6.45, 7) is -1.04. The Kier molecular flexibility index (Phi) is 7.01. The predicted octanol–water partition coefficient (Wildman–Crippen LogP) is 3.67. The summed E-state index contributed by atoms with van der Waals surface area (Å²) in [6.07, 6.45) is 1.14. The van der Waals surface area contributed by atoms with Crippen LogP contribution in [0.3, 0.4) is 0 Å². The van der Waals surface area contributed by atoms with Gasteiger partial charge < -0.3 is 15.2 Å². The molecule has 0 unspecified atom stereocenters. The third-order valence-electron chi connectivity index (χ3n) is 5.48. The molecule has 0 saturated carbocycles. The summed E-state index contributed by atoms with van der Waals surface area (Å²) in [5.74, 6) is -3.25. The summed E-state index contributed by atoms with van der Waals surface area (Å²) in [5.41, 5.74) is 0.961. The molecule has 176 valence electrons. The highest BCUT2D eigenvalue weighted by Crippen LogP contribution is 2.39. The fourth-order valence-corrected chi connectivity index (χ4v) is 5.10. The van der Waals surface area contributed by atoms with Gasteiger partial charge in [0.1, 0.15) is 6.04 Å². The van der Waals surface area contributed by atoms with Crippen molar-refractivity contribution in [1.29, 1.82) is 0 Å². The number of nitrogens with one attached hydrogen (secondary N) is 1. The number of nitrogens with zero attached hydrogens (tertiary/aromatic N) is 3. The third-order valence-corrected chi connectivity index (χ3v) is 6.82. The molecule has 0 bridgehead atoms. The van der Waals surface area contributed by atoms with Crippen LogP contribution in [0.4, 0.5) is 8.78 Å². The van der Waals surface area contributed by atoms with E-state index in [-0.39, 0.29) is 12.1 Å². The van der Waals surface area contributed by atoms with E-state index in [4.69, 9.17) is 27.9 Å². The number of alkyl halides is 2. The summed E-state index contributed by atoms with van der Waals surface area (Å²) < 4.78 is 33.2. The molecule has 0 aliphatic carbocycles. The van der Waals surface area contributed by atoms with Gasteiger partial charge in [0.15, 0.2) is 10.8 Å². The smallest absolute Gasteiger partial charge is 0.338 e. The Balaban J connectivity index is 1.82. The van der Waals surface area contributed by atoms with Crippen LogP contribution in [0.2, 0.25) is 10.0 Å². The Morgan fingerprint density at radius 2 is 2.21 bits per heavy atom. The number of aromatic nitrogens is 1. The molecule has 2 N–H and O–H groups in total. The first-order valence-corrected chi connectivity index (χ1v) is 11.6. The van der Waals surface area contributed by atoms with Crippen LogP contribution in [0.1, 0.15) is 23.0 Å². The minimum atomic E-state index is -2.95. The van der Waals surface area contributed by atoms with Crippen molar-refractivity contribution in [3.05, 3.63) is 61.7 Å². The highest BCUT2D eigenvalue weighted by molar-refractivity contribution is 7.11. The quantitative estimate of drug-likeness (QED) is 0.569. The van der Waals surface area contributed by atoms with E-state index in [0.29, 0.717) is 32.1 Å². The summed E-state index contributed by atoms with van der Waals surface area (Å²) in [7, 11) is 1.23. The molecular weight excluding hydrogens is 497 g/mol. The van der Waals surface area contributed by atoms with Gasteiger partial charge in [0.2, 0.25) is 0 Å². The third kappa shape index (κ3) is 5.04. The average molecular weight is 517 g/mol. The number of methoxy groups -OCH3 is 1. The second-order valence-electron chi connectivity index (χ2n) is 7.69. The van der Waals surface area contributed by atoms with Crippen LogP contribution in [-0.2, 0) is 9.53 Å². The van der Waals surface area contributed by atoms with Crippen molar-refractivity contribution in [2.75, 3.05) is 26.8 Å². The standard InChI is InChI=1S/C21H20Cl2F2N4O3S/c1-32-20(31)16-15(8-29-10-21(24,25)7-12(29)9-30)27-18(19-26-4-5-33-19)28-17(16)13-3-2-11(22)6-14(13)23/h2-6,12,17,30H,7-10H2,1H3,(H,27,28)/t12-,17+/m1/s1. The highest BCUT2D eigenvalue weighted by Gasteiger charge is 2.45. The lowest BCUT2D eigenvalue weighted by Gasteiger charge is -2.31. The number of aliphatic imine (C=N–C) groups is 1. The Morgan fingerprint density at radius 1 is 1.42 bits per heavy atom. The van der Waals surface area contributed by atoms with Gasteiger partial charge >= 0.3 is 5.97 Å². The van der Waals surface area contributed by atoms with Gasteiger partial charge in [0.25, 0.3) is 5.92 Å². The van der Waals surface area contributed by atoms with E-state index < -0.39 is 43.5 Å². The van der Waals surface area contributed by atoms with Gasteiger partial charge in [-0.2, -0.15) is 0 Å². The number of amidine groups is 1. The SMILES string of the molecule is COC(=O)C1=C(CN2CC(F)(F)C[C@@H]2CO)NC(c2nccs2)=N[C@H]1c1ccc(Cl)cc1Cl. The van der Waals surface area contributed by atoms with Gasteiger partial charge in [-0.05, 0) is 12.1 Å². The zero-order valence-electron chi connectivity index (χ0n) is 17.4. The van der Waals surface area contributed by atoms with E-state index in [9.17, 15) is 18.7 Å². The van der Waals surface area contributed by atoms with Crippen molar-refractivity contribution in [2.24, 2.45) is 4.99 Å². The molecule has 2 aromatic rings. The number of thiazole rings is 1. The molecular formula is C21H20Cl2F2N4O3S. The maximum absolute atomic E-state index is 14.1.